The number of hydrogen-bond donors (Lipinski definition) is 2. The number of rotatable bonds is 5. The Balaban J connectivity index is 1.50. The highest BCUT2D eigenvalue weighted by Crippen LogP contribution is 2.29. The summed E-state index contributed by atoms with van der Waals surface area (Å²) in [5, 5.41) is 11.5. The zero-order chi connectivity index (χ0) is 19.6. The van der Waals surface area contributed by atoms with E-state index in [0.717, 1.165) is 22.1 Å². The Hall–Kier alpha value is -3.42. The minimum atomic E-state index is -3.70. The van der Waals surface area contributed by atoms with Gasteiger partial charge in [0.2, 0.25) is 10.0 Å². The van der Waals surface area contributed by atoms with Gasteiger partial charge in [-0.25, -0.2) is 13.6 Å². The molecule has 140 valence electrons. The van der Waals surface area contributed by atoms with Crippen molar-refractivity contribution in [3.63, 3.8) is 0 Å². The van der Waals surface area contributed by atoms with Crippen molar-refractivity contribution in [1.82, 2.24) is 0 Å². The average molecular weight is 391 g/mol. The number of furan rings is 1. The number of sulfonamides is 1. The third kappa shape index (κ3) is 3.80. The Morgan fingerprint density at radius 3 is 2.43 bits per heavy atom. The molecule has 4 rings (SSSR count). The zero-order valence-electron chi connectivity index (χ0n) is 14.7. The summed E-state index contributed by atoms with van der Waals surface area (Å²) in [5.74, 6) is 1.35. The molecule has 0 unspecified atom stereocenters. The molecule has 4 aromatic rings. The summed E-state index contributed by atoms with van der Waals surface area (Å²) in [6.07, 6.45) is 1.56. The van der Waals surface area contributed by atoms with E-state index >= 15 is 0 Å². The lowest BCUT2D eigenvalue weighted by Crippen LogP contribution is -2.11. The molecule has 0 spiro atoms. The van der Waals surface area contributed by atoms with Gasteiger partial charge in [-0.2, -0.15) is 5.10 Å². The summed E-state index contributed by atoms with van der Waals surface area (Å²) >= 11 is 0. The van der Waals surface area contributed by atoms with Crippen molar-refractivity contribution < 1.29 is 12.8 Å². The lowest BCUT2D eigenvalue weighted by atomic mass is 10.0. The van der Waals surface area contributed by atoms with Gasteiger partial charge < -0.3 is 4.42 Å². The molecule has 0 fully saturated rings. The van der Waals surface area contributed by atoms with Crippen LogP contribution in [0, 0.1) is 0 Å². The molecule has 1 aromatic heterocycles. The highest BCUT2D eigenvalue weighted by Gasteiger charge is 2.08. The van der Waals surface area contributed by atoms with E-state index in [1.54, 1.807) is 18.3 Å². The van der Waals surface area contributed by atoms with E-state index in [9.17, 15) is 8.42 Å². The zero-order valence-corrected chi connectivity index (χ0v) is 15.6. The first kappa shape index (κ1) is 18.0. The van der Waals surface area contributed by atoms with Gasteiger partial charge in [0.15, 0.2) is 0 Å². The molecule has 0 atom stereocenters. The maximum absolute atomic E-state index is 11.3. The van der Waals surface area contributed by atoms with E-state index in [2.05, 4.69) is 28.7 Å². The van der Waals surface area contributed by atoms with Crippen LogP contribution in [0.5, 0.6) is 0 Å². The minimum Gasteiger partial charge on any atom is -0.455 e. The second kappa shape index (κ2) is 7.30. The van der Waals surface area contributed by atoms with Crippen LogP contribution in [-0.2, 0) is 10.0 Å². The predicted octanol–water partition coefficient (Wildman–Crippen LogP) is 4.19. The Bertz CT molecular complexity index is 1250. The van der Waals surface area contributed by atoms with Gasteiger partial charge in [0, 0.05) is 5.56 Å². The first-order valence-corrected chi connectivity index (χ1v) is 10.1. The largest absolute Gasteiger partial charge is 0.455 e. The number of nitrogens with zero attached hydrogens (tertiary/aromatic N) is 1. The Morgan fingerprint density at radius 2 is 1.64 bits per heavy atom. The van der Waals surface area contributed by atoms with E-state index < -0.39 is 10.0 Å². The second-order valence-corrected chi connectivity index (χ2v) is 7.73. The fourth-order valence-electron chi connectivity index (χ4n) is 2.90. The molecule has 6 nitrogen and oxygen atoms in total. The van der Waals surface area contributed by atoms with Crippen molar-refractivity contribution in [1.29, 1.82) is 0 Å². The van der Waals surface area contributed by atoms with Gasteiger partial charge in [-0.05, 0) is 47.2 Å². The fraction of sp³-hybridized carbons (Fsp3) is 0. The van der Waals surface area contributed by atoms with Crippen molar-refractivity contribution >= 4 is 32.7 Å². The molecule has 3 N–H and O–H groups in total. The normalized spacial score (nSPS) is 11.9. The van der Waals surface area contributed by atoms with Gasteiger partial charge in [0.05, 0.1) is 16.8 Å². The predicted molar refractivity (Wildman–Crippen MR) is 111 cm³/mol. The molecule has 28 heavy (non-hydrogen) atoms. The van der Waals surface area contributed by atoms with Crippen LogP contribution in [0.15, 0.2) is 93.3 Å². The Kier molecular flexibility index (Phi) is 4.68. The molecule has 7 heteroatoms. The summed E-state index contributed by atoms with van der Waals surface area (Å²) in [4.78, 5) is 0.0489. The van der Waals surface area contributed by atoms with E-state index in [1.807, 2.05) is 36.4 Å². The van der Waals surface area contributed by atoms with Crippen molar-refractivity contribution in [3.8, 4) is 11.3 Å². The van der Waals surface area contributed by atoms with Crippen molar-refractivity contribution in [3.05, 3.63) is 84.6 Å². The summed E-state index contributed by atoms with van der Waals surface area (Å²) < 4.78 is 28.4. The smallest absolute Gasteiger partial charge is 0.238 e. The molecule has 0 saturated heterocycles. The van der Waals surface area contributed by atoms with Crippen LogP contribution >= 0.6 is 0 Å². The molecule has 1 heterocycles. The van der Waals surface area contributed by atoms with Gasteiger partial charge in [0.1, 0.15) is 11.5 Å². The summed E-state index contributed by atoms with van der Waals surface area (Å²) in [6.45, 7) is 0. The average Bonchev–Trinajstić information content (AvgIpc) is 3.16. The van der Waals surface area contributed by atoms with Crippen LogP contribution in [-0.4, -0.2) is 14.6 Å². The summed E-state index contributed by atoms with van der Waals surface area (Å²) in [5.41, 5.74) is 4.47. The number of primary sulfonamides is 1. The molecular weight excluding hydrogens is 374 g/mol. The Labute approximate surface area is 162 Å². The first-order chi connectivity index (χ1) is 13.5. The first-order valence-electron chi connectivity index (χ1n) is 8.51. The van der Waals surface area contributed by atoms with Crippen LogP contribution < -0.4 is 10.6 Å². The molecule has 3 aromatic carbocycles. The molecule has 0 amide bonds. The fourth-order valence-corrected chi connectivity index (χ4v) is 3.41. The van der Waals surface area contributed by atoms with Crippen LogP contribution in [0.3, 0.4) is 0 Å². The number of hydrogen-bond acceptors (Lipinski definition) is 5. The quantitative estimate of drug-likeness (QED) is 0.394. The topological polar surface area (TPSA) is 97.7 Å². The van der Waals surface area contributed by atoms with Crippen LogP contribution in [0.1, 0.15) is 5.76 Å². The van der Waals surface area contributed by atoms with E-state index in [1.165, 1.54) is 12.1 Å². The van der Waals surface area contributed by atoms with Gasteiger partial charge >= 0.3 is 0 Å². The highest BCUT2D eigenvalue weighted by molar-refractivity contribution is 7.89. The molecule has 0 radical (unpaired) electrons. The highest BCUT2D eigenvalue weighted by atomic mass is 32.2. The Morgan fingerprint density at radius 1 is 0.893 bits per heavy atom. The minimum absolute atomic E-state index is 0.0489. The number of benzene rings is 3. The molecule has 0 aliphatic carbocycles. The van der Waals surface area contributed by atoms with Crippen LogP contribution in [0.2, 0.25) is 0 Å². The van der Waals surface area contributed by atoms with Crippen molar-refractivity contribution in [2.45, 2.75) is 4.90 Å². The summed E-state index contributed by atoms with van der Waals surface area (Å²) in [7, 11) is -3.70. The van der Waals surface area contributed by atoms with Gasteiger partial charge in [-0.15, -0.1) is 0 Å². The standard InChI is InChI=1S/C21H17N3O3S/c22-28(25,26)18-11-8-16(9-12-18)24-23-14-17-10-13-21(27-17)20-7-3-5-15-4-1-2-6-19(15)20/h1-14,24H,(H2,22,25,26). The monoisotopic (exact) mass is 391 g/mol. The van der Waals surface area contributed by atoms with E-state index in [-0.39, 0.29) is 4.90 Å². The maximum Gasteiger partial charge on any atom is 0.238 e. The lowest BCUT2D eigenvalue weighted by molar-refractivity contribution is 0.575. The van der Waals surface area contributed by atoms with Crippen molar-refractivity contribution in [2.24, 2.45) is 10.2 Å². The third-order valence-electron chi connectivity index (χ3n) is 4.25. The SMILES string of the molecule is NS(=O)(=O)c1ccc(NN=Cc2ccc(-c3cccc4ccccc34)o2)cc1. The molecular formula is C21H17N3O3S. The number of hydrazone groups is 1. The second-order valence-electron chi connectivity index (χ2n) is 6.17. The number of nitrogens with two attached hydrogens (primary N) is 1. The van der Waals surface area contributed by atoms with Gasteiger partial charge in [0.25, 0.3) is 0 Å². The third-order valence-corrected chi connectivity index (χ3v) is 5.18. The number of anilines is 1. The van der Waals surface area contributed by atoms with E-state index in [0.29, 0.717) is 11.4 Å². The van der Waals surface area contributed by atoms with Crippen LogP contribution in [0.4, 0.5) is 5.69 Å². The molecule has 0 bridgehead atoms. The number of nitrogens with one attached hydrogen (secondary N) is 1. The summed E-state index contributed by atoms with van der Waals surface area (Å²) in [6, 6.07) is 24.0. The molecule has 0 aliphatic heterocycles. The van der Waals surface area contributed by atoms with E-state index in [4.69, 9.17) is 9.56 Å². The van der Waals surface area contributed by atoms with Gasteiger partial charge in [-0.3, -0.25) is 5.43 Å². The molecule has 0 aliphatic rings. The molecule has 0 saturated carbocycles. The maximum atomic E-state index is 11.3. The van der Waals surface area contributed by atoms with Gasteiger partial charge in [-0.1, -0.05) is 42.5 Å². The lowest BCUT2D eigenvalue weighted by Gasteiger charge is -2.03. The van der Waals surface area contributed by atoms with Crippen molar-refractivity contribution in [2.75, 3.05) is 5.43 Å². The number of fused-ring (bicyclic) bond motifs is 1. The van der Waals surface area contributed by atoms with Crippen LogP contribution in [0.25, 0.3) is 22.1 Å².